The van der Waals surface area contributed by atoms with E-state index in [1.807, 2.05) is 0 Å². The Morgan fingerprint density at radius 1 is 1.14 bits per heavy atom. The second-order valence-corrected chi connectivity index (χ2v) is 4.60. The van der Waals surface area contributed by atoms with Crippen LogP contribution in [0.1, 0.15) is 15.9 Å². The number of hydrogen-bond acceptors (Lipinski definition) is 3. The zero-order chi connectivity index (χ0) is 15.9. The summed E-state index contributed by atoms with van der Waals surface area (Å²) in [5, 5.41) is 9.21. The Labute approximate surface area is 121 Å². The van der Waals surface area contributed by atoms with E-state index in [0.29, 0.717) is 0 Å². The van der Waals surface area contributed by atoms with Crippen LogP contribution in [0.5, 0.6) is 0 Å². The van der Waals surface area contributed by atoms with Gasteiger partial charge in [-0.3, -0.25) is 4.98 Å². The number of hydrogen-bond donors (Lipinski definition) is 1. The molecular weight excluding hydrogens is 299 g/mol. The maximum atomic E-state index is 12.7. The fraction of sp³-hybridized carbons (Fsp3) is 0.0667. The predicted octanol–water partition coefficient (Wildman–Crippen LogP) is 4.21. The molecule has 0 amide bonds. The molecule has 112 valence electrons. The van der Waals surface area contributed by atoms with Crippen LogP contribution in [0.3, 0.4) is 0 Å². The van der Waals surface area contributed by atoms with Crippen molar-refractivity contribution < 1.29 is 27.5 Å². The molecule has 0 aliphatic heterocycles. The van der Waals surface area contributed by atoms with Crippen LogP contribution >= 0.6 is 0 Å². The molecule has 1 N–H and O–H groups in total. The Morgan fingerprint density at radius 3 is 2.59 bits per heavy atom. The smallest absolute Gasteiger partial charge is 0.416 e. The molecule has 4 nitrogen and oxygen atoms in total. The maximum absolute atomic E-state index is 12.7. The fourth-order valence-electron chi connectivity index (χ4n) is 2.04. The molecule has 0 saturated heterocycles. The topological polar surface area (TPSA) is 63.3 Å². The standard InChI is InChI=1S/C15H8F3NO3/c16-15(17,18)10-1-2-12-9(5-10)7-13(22-12)11-6-8(14(20)21)3-4-19-11/h1-7H,(H,20,21). The van der Waals surface area contributed by atoms with Gasteiger partial charge in [0, 0.05) is 11.6 Å². The van der Waals surface area contributed by atoms with E-state index < -0.39 is 17.7 Å². The number of aromatic carboxylic acids is 1. The van der Waals surface area contributed by atoms with E-state index in [0.717, 1.165) is 12.1 Å². The lowest BCUT2D eigenvalue weighted by atomic mass is 10.1. The largest absolute Gasteiger partial charge is 0.478 e. The van der Waals surface area contributed by atoms with Crippen LogP contribution in [0.25, 0.3) is 22.4 Å². The Morgan fingerprint density at radius 2 is 1.91 bits per heavy atom. The number of halogens is 3. The van der Waals surface area contributed by atoms with Crippen molar-refractivity contribution in [1.82, 2.24) is 4.98 Å². The van der Waals surface area contributed by atoms with Gasteiger partial charge in [0.1, 0.15) is 11.3 Å². The number of carboxylic acid groups (broad SMARTS) is 1. The van der Waals surface area contributed by atoms with Gasteiger partial charge in [-0.1, -0.05) is 0 Å². The number of carbonyl (C=O) groups is 1. The molecule has 3 aromatic rings. The summed E-state index contributed by atoms with van der Waals surface area (Å²) in [6, 6.07) is 7.14. The summed E-state index contributed by atoms with van der Waals surface area (Å²) in [4.78, 5) is 14.9. The average molecular weight is 307 g/mol. The third kappa shape index (κ3) is 2.52. The zero-order valence-electron chi connectivity index (χ0n) is 10.9. The number of benzene rings is 1. The van der Waals surface area contributed by atoms with E-state index in [1.165, 1.54) is 30.5 Å². The van der Waals surface area contributed by atoms with Crippen molar-refractivity contribution in [2.75, 3.05) is 0 Å². The first-order valence-electron chi connectivity index (χ1n) is 6.15. The van der Waals surface area contributed by atoms with Crippen molar-refractivity contribution in [2.24, 2.45) is 0 Å². The molecule has 0 radical (unpaired) electrons. The summed E-state index contributed by atoms with van der Waals surface area (Å²) in [5.41, 5.74) is -0.254. The number of fused-ring (bicyclic) bond motifs is 1. The summed E-state index contributed by atoms with van der Waals surface area (Å²) in [6.07, 6.45) is -3.14. The third-order valence-corrected chi connectivity index (χ3v) is 3.10. The summed E-state index contributed by atoms with van der Waals surface area (Å²) < 4.78 is 43.5. The molecule has 0 bridgehead atoms. The molecule has 0 atom stereocenters. The van der Waals surface area contributed by atoms with Gasteiger partial charge in [-0.25, -0.2) is 4.79 Å². The van der Waals surface area contributed by atoms with Gasteiger partial charge in [-0.2, -0.15) is 13.2 Å². The number of furan rings is 1. The molecule has 0 saturated carbocycles. The van der Waals surface area contributed by atoms with Crippen LogP contribution in [0.2, 0.25) is 0 Å². The van der Waals surface area contributed by atoms with Crippen LogP contribution < -0.4 is 0 Å². The molecule has 0 aliphatic carbocycles. The van der Waals surface area contributed by atoms with Crippen LogP contribution in [0.4, 0.5) is 13.2 Å². The summed E-state index contributed by atoms with van der Waals surface area (Å²) in [6.45, 7) is 0. The molecule has 3 rings (SSSR count). The first kappa shape index (κ1) is 14.1. The highest BCUT2D eigenvalue weighted by molar-refractivity contribution is 5.89. The summed E-state index contributed by atoms with van der Waals surface area (Å²) >= 11 is 0. The highest BCUT2D eigenvalue weighted by Crippen LogP contribution is 2.34. The lowest BCUT2D eigenvalue weighted by Crippen LogP contribution is -2.03. The third-order valence-electron chi connectivity index (χ3n) is 3.10. The van der Waals surface area contributed by atoms with E-state index in [1.54, 1.807) is 0 Å². The van der Waals surface area contributed by atoms with Crippen molar-refractivity contribution >= 4 is 16.9 Å². The molecular formula is C15H8F3NO3. The van der Waals surface area contributed by atoms with Crippen molar-refractivity contribution in [1.29, 1.82) is 0 Å². The molecule has 0 aliphatic rings. The number of nitrogens with zero attached hydrogens (tertiary/aromatic N) is 1. The minimum absolute atomic E-state index is 0.0152. The van der Waals surface area contributed by atoms with E-state index in [2.05, 4.69) is 4.98 Å². The predicted molar refractivity (Wildman–Crippen MR) is 71.4 cm³/mol. The molecule has 0 unspecified atom stereocenters. The number of rotatable bonds is 2. The number of aromatic nitrogens is 1. The van der Waals surface area contributed by atoms with Crippen molar-refractivity contribution in [3.8, 4) is 11.5 Å². The molecule has 2 heterocycles. The van der Waals surface area contributed by atoms with Gasteiger partial charge in [-0.05, 0) is 36.4 Å². The summed E-state index contributed by atoms with van der Waals surface area (Å²) in [7, 11) is 0. The Hall–Kier alpha value is -2.83. The van der Waals surface area contributed by atoms with Crippen LogP contribution in [-0.4, -0.2) is 16.1 Å². The van der Waals surface area contributed by atoms with Crippen molar-refractivity contribution in [3.63, 3.8) is 0 Å². The van der Waals surface area contributed by atoms with Gasteiger partial charge in [0.05, 0.1) is 11.1 Å². The van der Waals surface area contributed by atoms with Gasteiger partial charge in [0.15, 0.2) is 5.76 Å². The van der Waals surface area contributed by atoms with E-state index >= 15 is 0 Å². The Bertz CT molecular complexity index is 868. The first-order chi connectivity index (χ1) is 10.3. The minimum atomic E-state index is -4.44. The van der Waals surface area contributed by atoms with Crippen LogP contribution in [-0.2, 0) is 6.18 Å². The van der Waals surface area contributed by atoms with Gasteiger partial charge < -0.3 is 9.52 Å². The van der Waals surface area contributed by atoms with Crippen LogP contribution in [0, 0.1) is 0 Å². The van der Waals surface area contributed by atoms with Crippen molar-refractivity contribution in [3.05, 3.63) is 53.7 Å². The Balaban J connectivity index is 2.09. The molecule has 0 fully saturated rings. The molecule has 1 aromatic carbocycles. The first-order valence-corrected chi connectivity index (χ1v) is 6.15. The molecule has 0 spiro atoms. The number of alkyl halides is 3. The summed E-state index contributed by atoms with van der Waals surface area (Å²) in [5.74, 6) is -0.920. The quantitative estimate of drug-likeness (QED) is 0.770. The van der Waals surface area contributed by atoms with E-state index in [9.17, 15) is 18.0 Å². The molecule has 2 aromatic heterocycles. The fourth-order valence-corrected chi connectivity index (χ4v) is 2.04. The van der Waals surface area contributed by atoms with Gasteiger partial charge in [-0.15, -0.1) is 0 Å². The van der Waals surface area contributed by atoms with Gasteiger partial charge >= 0.3 is 12.1 Å². The zero-order valence-corrected chi connectivity index (χ0v) is 10.9. The highest BCUT2D eigenvalue weighted by Gasteiger charge is 2.30. The minimum Gasteiger partial charge on any atom is -0.478 e. The van der Waals surface area contributed by atoms with E-state index in [4.69, 9.17) is 9.52 Å². The second kappa shape index (κ2) is 4.87. The SMILES string of the molecule is O=C(O)c1ccnc(-c2cc3cc(C(F)(F)F)ccc3o2)c1. The monoisotopic (exact) mass is 307 g/mol. The Kier molecular flexibility index (Phi) is 3.13. The average Bonchev–Trinajstić information content (AvgIpc) is 2.89. The number of pyridine rings is 1. The molecule has 7 heteroatoms. The van der Waals surface area contributed by atoms with Crippen molar-refractivity contribution in [2.45, 2.75) is 6.18 Å². The second-order valence-electron chi connectivity index (χ2n) is 4.60. The maximum Gasteiger partial charge on any atom is 0.416 e. The number of carboxylic acids is 1. The highest BCUT2D eigenvalue weighted by atomic mass is 19.4. The normalized spacial score (nSPS) is 11.8. The van der Waals surface area contributed by atoms with Gasteiger partial charge in [0.25, 0.3) is 0 Å². The van der Waals surface area contributed by atoms with Crippen LogP contribution in [0.15, 0.2) is 47.0 Å². The molecule has 22 heavy (non-hydrogen) atoms. The lowest BCUT2D eigenvalue weighted by Gasteiger charge is -2.04. The van der Waals surface area contributed by atoms with Gasteiger partial charge in [0.2, 0.25) is 0 Å². The van der Waals surface area contributed by atoms with E-state index in [-0.39, 0.29) is 28.0 Å². The lowest BCUT2D eigenvalue weighted by molar-refractivity contribution is -0.137.